The van der Waals surface area contributed by atoms with Crippen LogP contribution in [0.25, 0.3) is 0 Å². The first-order valence-corrected chi connectivity index (χ1v) is 2.72. The van der Waals surface area contributed by atoms with Crippen molar-refractivity contribution in [1.82, 2.24) is 9.78 Å². The summed E-state index contributed by atoms with van der Waals surface area (Å²) in [6.07, 6.45) is 3.53. The molecular weight excluding hydrogens is 120 g/mol. The predicted octanol–water partition coefficient (Wildman–Crippen LogP) is 1.08. The summed E-state index contributed by atoms with van der Waals surface area (Å²) in [6, 6.07) is 1.84. The first-order valence-electron chi connectivity index (χ1n) is 2.31. The molecule has 8 heavy (non-hydrogen) atoms. The van der Waals surface area contributed by atoms with Crippen LogP contribution in [0.3, 0.4) is 0 Å². The Balaban J connectivity index is 2.93. The third-order valence-corrected chi connectivity index (χ3v) is 1.01. The lowest BCUT2D eigenvalue weighted by Crippen LogP contribution is -2.03. The zero-order chi connectivity index (χ0) is 5.98. The lowest BCUT2D eigenvalue weighted by Gasteiger charge is -1.90. The fourth-order valence-corrected chi connectivity index (χ4v) is 0.563. The minimum absolute atomic E-state index is 0.773. The highest BCUT2D eigenvalue weighted by molar-refractivity contribution is 7.80. The van der Waals surface area contributed by atoms with Crippen LogP contribution in [0, 0.1) is 0 Å². The van der Waals surface area contributed by atoms with Crippen molar-refractivity contribution in [3.8, 4) is 0 Å². The van der Waals surface area contributed by atoms with Crippen LogP contribution in [0.1, 0.15) is 6.92 Å². The second-order valence-corrected chi connectivity index (χ2v) is 2.06. The Morgan fingerprint density at radius 3 is 2.75 bits per heavy atom. The maximum absolute atomic E-state index is 4.82. The molecule has 0 spiro atoms. The SMILES string of the molecule is CC(=S)n1cccn1. The van der Waals surface area contributed by atoms with Gasteiger partial charge in [0.05, 0.1) is 0 Å². The van der Waals surface area contributed by atoms with Crippen LogP contribution in [0.2, 0.25) is 0 Å². The molecule has 3 heteroatoms. The number of rotatable bonds is 0. The highest BCUT2D eigenvalue weighted by atomic mass is 32.1. The summed E-state index contributed by atoms with van der Waals surface area (Å²) < 4.78 is 1.65. The number of hydrogen-bond acceptors (Lipinski definition) is 2. The van der Waals surface area contributed by atoms with Crippen molar-refractivity contribution in [2.24, 2.45) is 0 Å². The number of aromatic nitrogens is 2. The maximum Gasteiger partial charge on any atom is 0.101 e. The van der Waals surface area contributed by atoms with Crippen LogP contribution in [-0.2, 0) is 0 Å². The molecule has 1 aromatic heterocycles. The van der Waals surface area contributed by atoms with Gasteiger partial charge >= 0.3 is 0 Å². The first-order chi connectivity index (χ1) is 3.80. The van der Waals surface area contributed by atoms with Crippen molar-refractivity contribution >= 4 is 17.2 Å². The van der Waals surface area contributed by atoms with Crippen molar-refractivity contribution < 1.29 is 0 Å². The Hall–Kier alpha value is -0.700. The first kappa shape index (κ1) is 5.44. The van der Waals surface area contributed by atoms with Gasteiger partial charge in [0.15, 0.2) is 0 Å². The number of hydrogen-bond donors (Lipinski definition) is 0. The smallest absolute Gasteiger partial charge is 0.101 e. The molecule has 0 atom stereocenters. The van der Waals surface area contributed by atoms with E-state index in [1.165, 1.54) is 0 Å². The predicted molar refractivity (Wildman–Crippen MR) is 35.9 cm³/mol. The average molecular weight is 126 g/mol. The van der Waals surface area contributed by atoms with E-state index in [1.807, 2.05) is 19.2 Å². The van der Waals surface area contributed by atoms with Crippen LogP contribution in [0.4, 0.5) is 0 Å². The van der Waals surface area contributed by atoms with Crippen LogP contribution in [0.15, 0.2) is 18.5 Å². The molecule has 0 saturated heterocycles. The largest absolute Gasteiger partial charge is 0.235 e. The molecular formula is C5H6N2S. The number of nitrogens with zero attached hydrogens (tertiary/aromatic N) is 2. The number of thiocarbonyl (C=S) groups is 1. The Kier molecular flexibility index (Phi) is 1.39. The van der Waals surface area contributed by atoms with E-state index in [1.54, 1.807) is 10.9 Å². The van der Waals surface area contributed by atoms with E-state index in [0.29, 0.717) is 0 Å². The highest BCUT2D eigenvalue weighted by Gasteiger charge is 1.86. The third kappa shape index (κ3) is 0.924. The topological polar surface area (TPSA) is 17.8 Å². The molecule has 1 heterocycles. The molecule has 0 aromatic carbocycles. The van der Waals surface area contributed by atoms with Gasteiger partial charge in [-0.2, -0.15) is 5.10 Å². The Morgan fingerprint density at radius 1 is 1.75 bits per heavy atom. The summed E-state index contributed by atoms with van der Waals surface area (Å²) in [5.41, 5.74) is 0. The fourth-order valence-electron chi connectivity index (χ4n) is 0.455. The Labute approximate surface area is 53.1 Å². The van der Waals surface area contributed by atoms with Crippen molar-refractivity contribution in [3.05, 3.63) is 18.5 Å². The lowest BCUT2D eigenvalue weighted by atomic mass is 10.7. The van der Waals surface area contributed by atoms with Gasteiger partial charge in [-0.3, -0.25) is 0 Å². The van der Waals surface area contributed by atoms with E-state index in [9.17, 15) is 0 Å². The Morgan fingerprint density at radius 2 is 2.50 bits per heavy atom. The molecule has 1 rings (SSSR count). The van der Waals surface area contributed by atoms with Gasteiger partial charge in [-0.25, -0.2) is 4.68 Å². The summed E-state index contributed by atoms with van der Waals surface area (Å²) in [7, 11) is 0. The summed E-state index contributed by atoms with van der Waals surface area (Å²) in [5.74, 6) is 0. The van der Waals surface area contributed by atoms with Gasteiger partial charge in [0.2, 0.25) is 0 Å². The molecule has 0 amide bonds. The van der Waals surface area contributed by atoms with Gasteiger partial charge in [0, 0.05) is 12.4 Å². The van der Waals surface area contributed by atoms with Crippen molar-refractivity contribution in [3.63, 3.8) is 0 Å². The monoisotopic (exact) mass is 126 g/mol. The highest BCUT2D eigenvalue weighted by Crippen LogP contribution is 1.83. The molecule has 0 N–H and O–H groups in total. The molecule has 0 aliphatic heterocycles. The quantitative estimate of drug-likeness (QED) is 0.484. The van der Waals surface area contributed by atoms with Crippen LogP contribution < -0.4 is 0 Å². The van der Waals surface area contributed by atoms with E-state index in [0.717, 1.165) is 4.99 Å². The normalized spacial score (nSPS) is 9.12. The second-order valence-electron chi connectivity index (χ2n) is 1.47. The zero-order valence-electron chi connectivity index (χ0n) is 4.53. The minimum atomic E-state index is 0.773. The molecule has 0 aliphatic rings. The average Bonchev–Trinajstić information content (AvgIpc) is 2.12. The van der Waals surface area contributed by atoms with Crippen LogP contribution in [0.5, 0.6) is 0 Å². The minimum Gasteiger partial charge on any atom is -0.235 e. The van der Waals surface area contributed by atoms with Gasteiger partial charge in [0.1, 0.15) is 4.99 Å². The van der Waals surface area contributed by atoms with E-state index in [4.69, 9.17) is 12.2 Å². The van der Waals surface area contributed by atoms with E-state index < -0.39 is 0 Å². The van der Waals surface area contributed by atoms with E-state index in [2.05, 4.69) is 5.10 Å². The van der Waals surface area contributed by atoms with Gasteiger partial charge < -0.3 is 0 Å². The van der Waals surface area contributed by atoms with Gasteiger partial charge in [-0.15, -0.1) is 0 Å². The molecule has 0 aliphatic carbocycles. The van der Waals surface area contributed by atoms with Crippen LogP contribution in [-0.4, -0.2) is 14.8 Å². The molecule has 0 saturated carbocycles. The van der Waals surface area contributed by atoms with E-state index in [-0.39, 0.29) is 0 Å². The molecule has 1 aromatic rings. The lowest BCUT2D eigenvalue weighted by molar-refractivity contribution is 0.945. The Bertz CT molecular complexity index is 178. The summed E-state index contributed by atoms with van der Waals surface area (Å²) in [6.45, 7) is 1.84. The van der Waals surface area contributed by atoms with Crippen molar-refractivity contribution in [2.45, 2.75) is 6.92 Å². The molecule has 0 unspecified atom stereocenters. The molecule has 0 fully saturated rings. The molecule has 2 nitrogen and oxygen atoms in total. The van der Waals surface area contributed by atoms with Gasteiger partial charge in [0.25, 0.3) is 0 Å². The van der Waals surface area contributed by atoms with E-state index >= 15 is 0 Å². The fraction of sp³-hybridized carbons (Fsp3) is 0.200. The van der Waals surface area contributed by atoms with Gasteiger partial charge in [-0.05, 0) is 13.0 Å². The summed E-state index contributed by atoms with van der Waals surface area (Å²) in [5, 5.41) is 3.89. The molecule has 0 radical (unpaired) electrons. The summed E-state index contributed by atoms with van der Waals surface area (Å²) >= 11 is 4.82. The van der Waals surface area contributed by atoms with Crippen molar-refractivity contribution in [1.29, 1.82) is 0 Å². The standard InChI is InChI=1S/C5H6N2S/c1-5(8)7-4-2-3-6-7/h2-4H,1H3. The molecule has 0 bridgehead atoms. The second kappa shape index (κ2) is 2.05. The molecule has 42 valence electrons. The third-order valence-electron chi connectivity index (χ3n) is 0.827. The summed E-state index contributed by atoms with van der Waals surface area (Å²) in [4.78, 5) is 0.773. The van der Waals surface area contributed by atoms with Gasteiger partial charge in [-0.1, -0.05) is 12.2 Å². The zero-order valence-corrected chi connectivity index (χ0v) is 5.35. The van der Waals surface area contributed by atoms with Crippen LogP contribution >= 0.6 is 12.2 Å². The maximum atomic E-state index is 4.82. The van der Waals surface area contributed by atoms with Crippen molar-refractivity contribution in [2.75, 3.05) is 0 Å².